The van der Waals surface area contributed by atoms with Gasteiger partial charge in [-0.15, -0.1) is 6.58 Å². The molecule has 0 aliphatic carbocycles. The lowest BCUT2D eigenvalue weighted by Gasteiger charge is -2.25. The van der Waals surface area contributed by atoms with Gasteiger partial charge in [0.2, 0.25) is 0 Å². The molecule has 2 atom stereocenters. The van der Waals surface area contributed by atoms with Gasteiger partial charge in [-0.25, -0.2) is 0 Å². The number of hydrogen-bond acceptors (Lipinski definition) is 2. The Morgan fingerprint density at radius 3 is 3.00 bits per heavy atom. The van der Waals surface area contributed by atoms with E-state index < -0.39 is 9.04 Å². The second-order valence-electron chi connectivity index (χ2n) is 3.88. The maximum absolute atomic E-state index is 5.82. The Morgan fingerprint density at radius 2 is 2.43 bits per heavy atom. The summed E-state index contributed by atoms with van der Waals surface area (Å²) < 4.78 is 11.5. The van der Waals surface area contributed by atoms with E-state index in [0.29, 0.717) is 12.7 Å². The largest absolute Gasteiger partial charge is 0.420 e. The fourth-order valence-electron chi connectivity index (χ4n) is 1.84. The third-order valence-electron chi connectivity index (χ3n) is 2.70. The lowest BCUT2D eigenvalue weighted by atomic mass is 10.3. The van der Waals surface area contributed by atoms with Crippen molar-refractivity contribution in [3.05, 3.63) is 12.7 Å². The molecule has 0 spiro atoms. The van der Waals surface area contributed by atoms with Crippen LogP contribution in [0.1, 0.15) is 26.2 Å². The fourth-order valence-corrected chi connectivity index (χ4v) is 4.68. The van der Waals surface area contributed by atoms with Gasteiger partial charge >= 0.3 is 0 Å². The van der Waals surface area contributed by atoms with Crippen molar-refractivity contribution in [2.24, 2.45) is 0 Å². The molecule has 1 aliphatic heterocycles. The average Bonchev–Trinajstić information content (AvgIpc) is 2.25. The first kappa shape index (κ1) is 11.9. The van der Waals surface area contributed by atoms with Crippen molar-refractivity contribution >= 4 is 9.04 Å². The van der Waals surface area contributed by atoms with Crippen LogP contribution in [0.2, 0.25) is 12.1 Å². The molecule has 0 radical (unpaired) electrons. The molecule has 2 unspecified atom stereocenters. The van der Waals surface area contributed by atoms with E-state index in [2.05, 4.69) is 13.5 Å². The van der Waals surface area contributed by atoms with Crippen molar-refractivity contribution in [2.75, 3.05) is 13.2 Å². The number of ether oxygens (including phenoxy) is 1. The van der Waals surface area contributed by atoms with Crippen LogP contribution in [-0.2, 0) is 9.16 Å². The molecule has 3 heteroatoms. The van der Waals surface area contributed by atoms with Crippen molar-refractivity contribution < 1.29 is 9.16 Å². The SMILES string of the molecule is C=CCOC(CC)C[SiH]1CCCCO1. The number of rotatable bonds is 6. The van der Waals surface area contributed by atoms with Crippen LogP contribution >= 0.6 is 0 Å². The molecule has 1 aliphatic rings. The van der Waals surface area contributed by atoms with Crippen molar-refractivity contribution in [1.29, 1.82) is 0 Å². The maximum Gasteiger partial charge on any atom is 0.179 e. The smallest absolute Gasteiger partial charge is 0.179 e. The predicted molar refractivity (Wildman–Crippen MR) is 62.2 cm³/mol. The second kappa shape index (κ2) is 7.21. The first-order valence-corrected chi connectivity index (χ1v) is 7.81. The van der Waals surface area contributed by atoms with E-state index in [1.54, 1.807) is 0 Å². The van der Waals surface area contributed by atoms with Crippen LogP contribution in [0.25, 0.3) is 0 Å². The van der Waals surface area contributed by atoms with Gasteiger partial charge in [-0.3, -0.25) is 0 Å². The molecule has 1 heterocycles. The van der Waals surface area contributed by atoms with E-state index in [4.69, 9.17) is 9.16 Å². The second-order valence-corrected chi connectivity index (χ2v) is 6.50. The molecule has 0 aromatic rings. The van der Waals surface area contributed by atoms with Crippen LogP contribution in [0, 0.1) is 0 Å². The van der Waals surface area contributed by atoms with Crippen LogP contribution in [0.15, 0.2) is 12.7 Å². The first-order chi connectivity index (χ1) is 6.86. The zero-order chi connectivity index (χ0) is 10.2. The third-order valence-corrected chi connectivity index (χ3v) is 5.52. The Bertz CT molecular complexity index is 155. The topological polar surface area (TPSA) is 18.5 Å². The van der Waals surface area contributed by atoms with E-state index in [0.717, 1.165) is 13.0 Å². The van der Waals surface area contributed by atoms with Crippen LogP contribution in [0.3, 0.4) is 0 Å². The molecular weight excluding hydrogens is 192 g/mol. The molecule has 0 amide bonds. The molecular formula is C11H22O2Si. The molecule has 0 saturated carbocycles. The quantitative estimate of drug-likeness (QED) is 0.499. The Morgan fingerprint density at radius 1 is 1.57 bits per heavy atom. The van der Waals surface area contributed by atoms with Gasteiger partial charge < -0.3 is 9.16 Å². The Kier molecular flexibility index (Phi) is 6.15. The van der Waals surface area contributed by atoms with Crippen molar-refractivity contribution in [1.82, 2.24) is 0 Å². The Labute approximate surface area is 89.0 Å². The molecule has 14 heavy (non-hydrogen) atoms. The highest BCUT2D eigenvalue weighted by Crippen LogP contribution is 2.18. The lowest BCUT2D eigenvalue weighted by Crippen LogP contribution is -2.29. The minimum absolute atomic E-state index is 0.405. The first-order valence-electron chi connectivity index (χ1n) is 5.71. The molecule has 0 N–H and O–H groups in total. The normalized spacial score (nSPS) is 24.5. The Balaban J connectivity index is 2.19. The van der Waals surface area contributed by atoms with Gasteiger partial charge in [0.1, 0.15) is 0 Å². The molecule has 1 saturated heterocycles. The molecule has 1 fully saturated rings. The summed E-state index contributed by atoms with van der Waals surface area (Å²) in [5, 5.41) is 0. The van der Waals surface area contributed by atoms with Gasteiger partial charge in [-0.05, 0) is 24.9 Å². The maximum atomic E-state index is 5.82. The molecule has 82 valence electrons. The Hall–Kier alpha value is -0.123. The van der Waals surface area contributed by atoms with Gasteiger partial charge in [-0.2, -0.15) is 0 Å². The van der Waals surface area contributed by atoms with E-state index >= 15 is 0 Å². The van der Waals surface area contributed by atoms with Crippen LogP contribution in [-0.4, -0.2) is 28.4 Å². The minimum atomic E-state index is -0.904. The van der Waals surface area contributed by atoms with Gasteiger partial charge in [0.05, 0.1) is 12.7 Å². The molecule has 0 aromatic carbocycles. The van der Waals surface area contributed by atoms with E-state index in [-0.39, 0.29) is 0 Å². The summed E-state index contributed by atoms with van der Waals surface area (Å²) in [6.45, 7) is 7.53. The summed E-state index contributed by atoms with van der Waals surface area (Å²) in [7, 11) is -0.904. The molecule has 0 bridgehead atoms. The third kappa shape index (κ3) is 4.40. The highest BCUT2D eigenvalue weighted by atomic mass is 28.3. The summed E-state index contributed by atoms with van der Waals surface area (Å²) in [6.07, 6.45) is 5.96. The monoisotopic (exact) mass is 214 g/mol. The lowest BCUT2D eigenvalue weighted by molar-refractivity contribution is 0.0814. The van der Waals surface area contributed by atoms with E-state index in [1.165, 1.54) is 24.9 Å². The summed E-state index contributed by atoms with van der Waals surface area (Å²) in [4.78, 5) is 0. The van der Waals surface area contributed by atoms with Crippen molar-refractivity contribution in [3.63, 3.8) is 0 Å². The van der Waals surface area contributed by atoms with E-state index in [9.17, 15) is 0 Å². The van der Waals surface area contributed by atoms with Crippen LogP contribution in [0.4, 0.5) is 0 Å². The highest BCUT2D eigenvalue weighted by Gasteiger charge is 2.20. The van der Waals surface area contributed by atoms with Crippen molar-refractivity contribution in [3.8, 4) is 0 Å². The molecule has 2 nitrogen and oxygen atoms in total. The van der Waals surface area contributed by atoms with E-state index in [1.807, 2.05) is 6.08 Å². The summed E-state index contributed by atoms with van der Waals surface area (Å²) in [6, 6.07) is 2.53. The predicted octanol–water partition coefficient (Wildman–Crippen LogP) is 2.50. The molecule has 0 aromatic heterocycles. The highest BCUT2D eigenvalue weighted by molar-refractivity contribution is 6.52. The van der Waals surface area contributed by atoms with Crippen LogP contribution < -0.4 is 0 Å². The summed E-state index contributed by atoms with van der Waals surface area (Å²) >= 11 is 0. The van der Waals surface area contributed by atoms with Gasteiger partial charge in [0, 0.05) is 6.61 Å². The fraction of sp³-hybridized carbons (Fsp3) is 0.818. The zero-order valence-electron chi connectivity index (χ0n) is 9.21. The van der Waals surface area contributed by atoms with Gasteiger partial charge in [0.25, 0.3) is 0 Å². The van der Waals surface area contributed by atoms with Gasteiger partial charge in [0.15, 0.2) is 9.04 Å². The van der Waals surface area contributed by atoms with Crippen molar-refractivity contribution in [2.45, 2.75) is 44.4 Å². The molecule has 1 rings (SSSR count). The number of hydrogen-bond donors (Lipinski definition) is 0. The van der Waals surface area contributed by atoms with Crippen LogP contribution in [0.5, 0.6) is 0 Å². The standard InChI is InChI=1S/C11H22O2Si/c1-3-7-12-11(4-2)10-14-9-6-5-8-13-14/h3,11,14H,1,4-10H2,2H3. The zero-order valence-corrected chi connectivity index (χ0v) is 10.4. The average molecular weight is 214 g/mol. The minimum Gasteiger partial charge on any atom is -0.420 e. The summed E-state index contributed by atoms with van der Waals surface area (Å²) in [5.74, 6) is 0. The van der Waals surface area contributed by atoms with Gasteiger partial charge in [-0.1, -0.05) is 19.4 Å². The summed E-state index contributed by atoms with van der Waals surface area (Å²) in [5.41, 5.74) is 0.